The molecule has 1 N–H and O–H groups in total. The van der Waals surface area contributed by atoms with Crippen LogP contribution >= 0.6 is 0 Å². The van der Waals surface area contributed by atoms with Crippen molar-refractivity contribution in [2.45, 2.75) is 38.0 Å². The number of rotatable bonds is 8. The van der Waals surface area contributed by atoms with Crippen LogP contribution in [0, 0.1) is 0 Å². The maximum absolute atomic E-state index is 12.6. The van der Waals surface area contributed by atoms with E-state index in [1.807, 2.05) is 17.0 Å². The first kappa shape index (κ1) is 23.0. The third kappa shape index (κ3) is 5.51. The van der Waals surface area contributed by atoms with Gasteiger partial charge in [0.1, 0.15) is 0 Å². The van der Waals surface area contributed by atoms with E-state index in [9.17, 15) is 18.0 Å². The highest BCUT2D eigenvalue weighted by molar-refractivity contribution is 7.89. The molecule has 2 aromatic rings. The Morgan fingerprint density at radius 3 is 2.06 bits per heavy atom. The molecule has 1 heterocycles. The Morgan fingerprint density at radius 1 is 0.935 bits per heavy atom. The van der Waals surface area contributed by atoms with Gasteiger partial charge in [-0.2, -0.15) is 4.31 Å². The maximum Gasteiger partial charge on any atom is 0.255 e. The van der Waals surface area contributed by atoms with Crippen LogP contribution < -0.4 is 5.32 Å². The van der Waals surface area contributed by atoms with Crippen molar-refractivity contribution in [2.75, 3.05) is 31.5 Å². The van der Waals surface area contributed by atoms with Crippen molar-refractivity contribution >= 4 is 27.5 Å². The minimum atomic E-state index is -3.55. The minimum Gasteiger partial charge on any atom is -0.342 e. The van der Waals surface area contributed by atoms with Crippen molar-refractivity contribution in [1.82, 2.24) is 9.21 Å². The molecule has 8 heteroatoms. The topological polar surface area (TPSA) is 86.8 Å². The summed E-state index contributed by atoms with van der Waals surface area (Å²) in [6, 6.07) is 13.1. The lowest BCUT2D eigenvalue weighted by Gasteiger charge is -2.18. The molecule has 31 heavy (non-hydrogen) atoms. The number of amides is 2. The van der Waals surface area contributed by atoms with Crippen LogP contribution in [0.4, 0.5) is 5.69 Å². The molecule has 0 unspecified atom stereocenters. The summed E-state index contributed by atoms with van der Waals surface area (Å²) >= 11 is 0. The van der Waals surface area contributed by atoms with E-state index in [4.69, 9.17) is 0 Å². The second-order valence-electron chi connectivity index (χ2n) is 7.53. The Hall–Kier alpha value is -2.71. The molecule has 0 spiro atoms. The van der Waals surface area contributed by atoms with E-state index in [0.29, 0.717) is 30.8 Å². The smallest absolute Gasteiger partial charge is 0.255 e. The zero-order valence-electron chi connectivity index (χ0n) is 18.0. The Labute approximate surface area is 184 Å². The Kier molecular flexibility index (Phi) is 7.46. The third-order valence-electron chi connectivity index (χ3n) is 5.49. The number of carbonyl (C=O) groups is 2. The summed E-state index contributed by atoms with van der Waals surface area (Å²) in [5.41, 5.74) is 1.88. The molecular weight excluding hydrogens is 414 g/mol. The summed E-state index contributed by atoms with van der Waals surface area (Å²) < 4.78 is 26.5. The van der Waals surface area contributed by atoms with Gasteiger partial charge in [0.05, 0.1) is 11.3 Å². The van der Waals surface area contributed by atoms with Crippen LogP contribution in [-0.2, 0) is 21.2 Å². The van der Waals surface area contributed by atoms with E-state index in [1.54, 1.807) is 26.0 Å². The lowest BCUT2D eigenvalue weighted by Crippen LogP contribution is -2.30. The van der Waals surface area contributed by atoms with Gasteiger partial charge in [-0.15, -0.1) is 0 Å². The Bertz CT molecular complexity index is 1010. The fraction of sp³-hybridized carbons (Fsp3) is 0.391. The van der Waals surface area contributed by atoms with E-state index < -0.39 is 10.0 Å². The summed E-state index contributed by atoms with van der Waals surface area (Å²) in [6.45, 7) is 6.03. The first-order chi connectivity index (χ1) is 14.8. The molecule has 1 aliphatic heterocycles. The van der Waals surface area contributed by atoms with Crippen LogP contribution in [-0.4, -0.2) is 55.6 Å². The van der Waals surface area contributed by atoms with Crippen molar-refractivity contribution in [2.24, 2.45) is 0 Å². The van der Waals surface area contributed by atoms with E-state index in [-0.39, 0.29) is 16.7 Å². The lowest BCUT2D eigenvalue weighted by atomic mass is 10.1. The molecule has 1 saturated heterocycles. The Balaban J connectivity index is 1.61. The summed E-state index contributed by atoms with van der Waals surface area (Å²) in [4.78, 5) is 26.8. The average molecular weight is 444 g/mol. The molecule has 0 saturated carbocycles. The zero-order valence-corrected chi connectivity index (χ0v) is 18.8. The zero-order chi connectivity index (χ0) is 22.4. The SMILES string of the molecule is CCN(CC)S(=O)(=O)c1ccc(C(=O)Nc2ccc(CC(=O)N3CCCC3)cc2)cc1. The normalized spacial score (nSPS) is 14.1. The number of benzene rings is 2. The highest BCUT2D eigenvalue weighted by atomic mass is 32.2. The number of carbonyl (C=O) groups excluding carboxylic acids is 2. The molecule has 7 nitrogen and oxygen atoms in total. The maximum atomic E-state index is 12.6. The van der Waals surface area contributed by atoms with Crippen LogP contribution in [0.5, 0.6) is 0 Å². The van der Waals surface area contributed by atoms with E-state index >= 15 is 0 Å². The molecule has 1 fully saturated rings. The molecule has 166 valence electrons. The second kappa shape index (κ2) is 10.1. The highest BCUT2D eigenvalue weighted by Crippen LogP contribution is 2.18. The first-order valence-electron chi connectivity index (χ1n) is 10.6. The highest BCUT2D eigenvalue weighted by Gasteiger charge is 2.22. The van der Waals surface area contributed by atoms with Crippen LogP contribution in [0.3, 0.4) is 0 Å². The third-order valence-corrected chi connectivity index (χ3v) is 7.55. The van der Waals surface area contributed by atoms with Gasteiger partial charge in [0.25, 0.3) is 5.91 Å². The van der Waals surface area contributed by atoms with Crippen LogP contribution in [0.25, 0.3) is 0 Å². The van der Waals surface area contributed by atoms with Gasteiger partial charge in [-0.3, -0.25) is 9.59 Å². The van der Waals surface area contributed by atoms with E-state index in [0.717, 1.165) is 31.5 Å². The number of hydrogen-bond acceptors (Lipinski definition) is 4. The van der Waals surface area contributed by atoms with Gasteiger partial charge >= 0.3 is 0 Å². The standard InChI is InChI=1S/C23H29N3O4S/c1-3-26(4-2)31(29,30)21-13-9-19(10-14-21)23(28)24-20-11-7-18(8-12-20)17-22(27)25-15-5-6-16-25/h7-14H,3-6,15-17H2,1-2H3,(H,24,28). The van der Waals surface area contributed by atoms with Crippen molar-refractivity contribution in [1.29, 1.82) is 0 Å². The van der Waals surface area contributed by atoms with Crippen LogP contribution in [0.2, 0.25) is 0 Å². The van der Waals surface area contributed by atoms with Crippen molar-refractivity contribution < 1.29 is 18.0 Å². The fourth-order valence-corrected chi connectivity index (χ4v) is 5.11. The summed E-state index contributed by atoms with van der Waals surface area (Å²) in [6.07, 6.45) is 2.49. The molecule has 0 aromatic heterocycles. The number of nitrogens with zero attached hydrogens (tertiary/aromatic N) is 2. The number of anilines is 1. The minimum absolute atomic E-state index is 0.133. The molecule has 0 bridgehead atoms. The molecular formula is C23H29N3O4S. The van der Waals surface area contributed by atoms with Gasteiger partial charge in [0.2, 0.25) is 15.9 Å². The molecule has 0 radical (unpaired) electrons. The van der Waals surface area contributed by atoms with Gasteiger partial charge in [0.15, 0.2) is 0 Å². The second-order valence-corrected chi connectivity index (χ2v) is 9.47. The largest absolute Gasteiger partial charge is 0.342 e. The van der Waals surface area contributed by atoms with Gasteiger partial charge in [0, 0.05) is 37.4 Å². The van der Waals surface area contributed by atoms with Crippen molar-refractivity contribution in [3.8, 4) is 0 Å². The summed E-state index contributed by atoms with van der Waals surface area (Å²) in [5.74, 6) is -0.193. The molecule has 0 aliphatic carbocycles. The van der Waals surface area contributed by atoms with Gasteiger partial charge in [-0.25, -0.2) is 8.42 Å². The van der Waals surface area contributed by atoms with E-state index in [1.165, 1.54) is 28.6 Å². The monoisotopic (exact) mass is 443 g/mol. The molecule has 2 aromatic carbocycles. The van der Waals surface area contributed by atoms with Gasteiger partial charge in [-0.1, -0.05) is 26.0 Å². The van der Waals surface area contributed by atoms with Crippen LogP contribution in [0.1, 0.15) is 42.6 Å². The van der Waals surface area contributed by atoms with E-state index in [2.05, 4.69) is 5.32 Å². The predicted octanol–water partition coefficient (Wildman–Crippen LogP) is 3.13. The Morgan fingerprint density at radius 2 is 1.52 bits per heavy atom. The predicted molar refractivity (Wildman–Crippen MR) is 120 cm³/mol. The van der Waals surface area contributed by atoms with Crippen molar-refractivity contribution in [3.63, 3.8) is 0 Å². The molecule has 2 amide bonds. The lowest BCUT2D eigenvalue weighted by molar-refractivity contribution is -0.129. The quantitative estimate of drug-likeness (QED) is 0.679. The molecule has 0 atom stereocenters. The van der Waals surface area contributed by atoms with Crippen LogP contribution in [0.15, 0.2) is 53.4 Å². The van der Waals surface area contributed by atoms with Crippen molar-refractivity contribution in [3.05, 3.63) is 59.7 Å². The van der Waals surface area contributed by atoms with Gasteiger partial charge in [-0.05, 0) is 54.8 Å². The number of likely N-dealkylation sites (tertiary alicyclic amines) is 1. The number of sulfonamides is 1. The number of nitrogens with one attached hydrogen (secondary N) is 1. The fourth-order valence-electron chi connectivity index (χ4n) is 3.65. The summed E-state index contributed by atoms with van der Waals surface area (Å²) in [5, 5.41) is 2.80. The number of hydrogen-bond donors (Lipinski definition) is 1. The summed E-state index contributed by atoms with van der Waals surface area (Å²) in [7, 11) is -3.55. The average Bonchev–Trinajstić information content (AvgIpc) is 3.31. The molecule has 3 rings (SSSR count). The molecule has 1 aliphatic rings. The first-order valence-corrected chi connectivity index (χ1v) is 12.1. The van der Waals surface area contributed by atoms with Gasteiger partial charge < -0.3 is 10.2 Å².